The van der Waals surface area contributed by atoms with Gasteiger partial charge in [0.05, 0.1) is 0 Å². The van der Waals surface area contributed by atoms with E-state index in [1.165, 1.54) is 315 Å². The third-order valence-electron chi connectivity index (χ3n) is 16.8. The van der Waals surface area contributed by atoms with Crippen LogP contribution in [0, 0.1) is 0 Å². The van der Waals surface area contributed by atoms with Crippen LogP contribution in [0.4, 0.5) is 0 Å². The lowest BCUT2D eigenvalue weighted by Crippen LogP contribution is -2.30. The fraction of sp³-hybridized carbons (Fsp3) is 0.932. The van der Waals surface area contributed by atoms with Gasteiger partial charge in [-0.05, 0) is 44.9 Å². The largest absolute Gasteiger partial charge is 0.462 e. The van der Waals surface area contributed by atoms with Crippen LogP contribution in [0.1, 0.15) is 419 Å². The highest BCUT2D eigenvalue weighted by Crippen LogP contribution is 2.19. The van der Waals surface area contributed by atoms with Gasteiger partial charge in [-0.1, -0.05) is 367 Å². The maximum absolute atomic E-state index is 12.9. The SMILES string of the molecule is CCCCCCCC/C=C\CCCCCCCC(=O)OCC(COC(=O)CCCCCCCCCCCCCCCCCCCCCCCCCCCCCC)OC(=O)CCCCCCCCCCCCCCCCCCCC. The average molecular weight is 1110 g/mol. The normalized spacial score (nSPS) is 12.0. The Bertz CT molecular complexity index is 1230. The summed E-state index contributed by atoms with van der Waals surface area (Å²) in [4.78, 5) is 38.4. The summed E-state index contributed by atoms with van der Waals surface area (Å²) >= 11 is 0. The highest BCUT2D eigenvalue weighted by Gasteiger charge is 2.19. The molecule has 0 heterocycles. The summed E-state index contributed by atoms with van der Waals surface area (Å²) in [7, 11) is 0. The Morgan fingerprint density at radius 2 is 0.418 bits per heavy atom. The number of unbranched alkanes of at least 4 members (excludes halogenated alkanes) is 55. The fourth-order valence-electron chi connectivity index (χ4n) is 11.3. The molecule has 0 aliphatic carbocycles. The van der Waals surface area contributed by atoms with Crippen LogP contribution in [0.3, 0.4) is 0 Å². The zero-order valence-electron chi connectivity index (χ0n) is 53.9. The molecule has 0 N–H and O–H groups in total. The second-order valence-corrected chi connectivity index (χ2v) is 24.9. The van der Waals surface area contributed by atoms with Gasteiger partial charge < -0.3 is 14.2 Å². The van der Waals surface area contributed by atoms with Crippen molar-refractivity contribution in [3.05, 3.63) is 12.2 Å². The van der Waals surface area contributed by atoms with Crippen molar-refractivity contribution in [2.24, 2.45) is 0 Å². The first-order chi connectivity index (χ1) is 39.0. The molecular formula is C73H140O6. The highest BCUT2D eigenvalue weighted by atomic mass is 16.6. The van der Waals surface area contributed by atoms with E-state index in [1.807, 2.05) is 0 Å². The van der Waals surface area contributed by atoms with E-state index in [9.17, 15) is 14.4 Å². The van der Waals surface area contributed by atoms with E-state index < -0.39 is 6.10 Å². The van der Waals surface area contributed by atoms with Gasteiger partial charge in [0.15, 0.2) is 6.10 Å². The number of hydrogen-bond donors (Lipinski definition) is 0. The molecule has 0 aromatic heterocycles. The number of esters is 3. The molecule has 0 bridgehead atoms. The van der Waals surface area contributed by atoms with Gasteiger partial charge >= 0.3 is 17.9 Å². The zero-order valence-corrected chi connectivity index (χ0v) is 53.9. The zero-order chi connectivity index (χ0) is 57.1. The maximum atomic E-state index is 12.9. The first-order valence-corrected chi connectivity index (χ1v) is 36.2. The molecule has 6 nitrogen and oxygen atoms in total. The van der Waals surface area contributed by atoms with Crippen LogP contribution >= 0.6 is 0 Å². The first-order valence-electron chi connectivity index (χ1n) is 36.2. The molecule has 0 saturated heterocycles. The average Bonchev–Trinajstić information content (AvgIpc) is 3.45. The van der Waals surface area contributed by atoms with Gasteiger partial charge in [-0.15, -0.1) is 0 Å². The van der Waals surface area contributed by atoms with E-state index >= 15 is 0 Å². The van der Waals surface area contributed by atoms with Gasteiger partial charge in [0.1, 0.15) is 13.2 Å². The molecule has 0 aliphatic heterocycles. The molecule has 0 rings (SSSR count). The molecule has 1 atom stereocenters. The topological polar surface area (TPSA) is 78.9 Å². The summed E-state index contributed by atoms with van der Waals surface area (Å²) in [5.74, 6) is -0.838. The van der Waals surface area contributed by atoms with Crippen LogP contribution in [-0.2, 0) is 28.6 Å². The van der Waals surface area contributed by atoms with Gasteiger partial charge in [-0.25, -0.2) is 0 Å². The monoisotopic (exact) mass is 1110 g/mol. The van der Waals surface area contributed by atoms with Gasteiger partial charge in [-0.3, -0.25) is 14.4 Å². The molecule has 0 fully saturated rings. The third kappa shape index (κ3) is 66.8. The Hall–Kier alpha value is -1.85. The van der Waals surface area contributed by atoms with Crippen molar-refractivity contribution in [1.29, 1.82) is 0 Å². The number of carbonyl (C=O) groups excluding carboxylic acids is 3. The molecule has 468 valence electrons. The van der Waals surface area contributed by atoms with Crippen molar-refractivity contribution < 1.29 is 28.6 Å². The summed E-state index contributed by atoms with van der Waals surface area (Å²) in [5.41, 5.74) is 0. The number of ether oxygens (including phenoxy) is 3. The number of carbonyl (C=O) groups is 3. The summed E-state index contributed by atoms with van der Waals surface area (Å²) in [5, 5.41) is 0. The standard InChI is InChI=1S/C73H140O6/c1-4-7-10-13-16-19-22-25-28-30-32-33-34-35-36-37-38-39-40-41-43-45-48-51-54-57-60-63-66-72(75)78-69-70(68-77-71(74)65-62-59-56-53-50-47-44-27-24-21-18-15-12-9-6-3)79-73(76)67-64-61-58-55-52-49-46-42-31-29-26-23-20-17-14-11-8-5-2/h27,44,70H,4-26,28-43,45-69H2,1-3H3/b44-27-. The first kappa shape index (κ1) is 77.2. The van der Waals surface area contributed by atoms with Gasteiger partial charge in [0.25, 0.3) is 0 Å². The molecule has 6 heteroatoms. The smallest absolute Gasteiger partial charge is 0.306 e. The van der Waals surface area contributed by atoms with E-state index in [-0.39, 0.29) is 31.1 Å². The second-order valence-electron chi connectivity index (χ2n) is 24.9. The summed E-state index contributed by atoms with van der Waals surface area (Å²) in [6.45, 7) is 6.72. The van der Waals surface area contributed by atoms with Crippen molar-refractivity contribution in [3.8, 4) is 0 Å². The summed E-state index contributed by atoms with van der Waals surface area (Å²) < 4.78 is 17.0. The van der Waals surface area contributed by atoms with E-state index in [0.717, 1.165) is 64.2 Å². The van der Waals surface area contributed by atoms with Gasteiger partial charge in [0, 0.05) is 19.3 Å². The van der Waals surface area contributed by atoms with Crippen molar-refractivity contribution in [2.45, 2.75) is 425 Å². The lowest BCUT2D eigenvalue weighted by Gasteiger charge is -2.18. The van der Waals surface area contributed by atoms with Crippen LogP contribution in [-0.4, -0.2) is 37.2 Å². The number of allylic oxidation sites excluding steroid dienone is 2. The van der Waals surface area contributed by atoms with Crippen LogP contribution < -0.4 is 0 Å². The molecule has 1 unspecified atom stereocenters. The molecule has 0 radical (unpaired) electrons. The lowest BCUT2D eigenvalue weighted by atomic mass is 10.0. The maximum Gasteiger partial charge on any atom is 0.306 e. The van der Waals surface area contributed by atoms with Crippen molar-refractivity contribution in [3.63, 3.8) is 0 Å². The minimum absolute atomic E-state index is 0.0656. The molecule has 0 aromatic rings. The molecule has 0 spiro atoms. The van der Waals surface area contributed by atoms with E-state index in [1.54, 1.807) is 0 Å². The van der Waals surface area contributed by atoms with E-state index in [4.69, 9.17) is 14.2 Å². The molecule has 79 heavy (non-hydrogen) atoms. The van der Waals surface area contributed by atoms with Gasteiger partial charge in [0.2, 0.25) is 0 Å². The van der Waals surface area contributed by atoms with E-state index in [2.05, 4.69) is 32.9 Å². The lowest BCUT2D eigenvalue weighted by molar-refractivity contribution is -0.167. The van der Waals surface area contributed by atoms with Gasteiger partial charge in [-0.2, -0.15) is 0 Å². The van der Waals surface area contributed by atoms with Crippen molar-refractivity contribution in [1.82, 2.24) is 0 Å². The Morgan fingerprint density at radius 1 is 0.241 bits per heavy atom. The quantitative estimate of drug-likeness (QED) is 0.0261. The molecule has 0 aliphatic rings. The Morgan fingerprint density at radius 3 is 0.633 bits per heavy atom. The molecule has 0 aromatic carbocycles. The van der Waals surface area contributed by atoms with Crippen LogP contribution in [0.25, 0.3) is 0 Å². The van der Waals surface area contributed by atoms with Crippen LogP contribution in [0.2, 0.25) is 0 Å². The third-order valence-corrected chi connectivity index (χ3v) is 16.8. The summed E-state index contributed by atoms with van der Waals surface area (Å²) in [6.07, 6.45) is 82.5. The minimum atomic E-state index is -0.770. The number of hydrogen-bond acceptors (Lipinski definition) is 6. The Kier molecular flexibility index (Phi) is 67.0. The molecule has 0 amide bonds. The molecule has 0 saturated carbocycles. The minimum Gasteiger partial charge on any atom is -0.462 e. The predicted octanol–water partition coefficient (Wildman–Crippen LogP) is 24.8. The predicted molar refractivity (Wildman–Crippen MR) is 344 cm³/mol. The fourth-order valence-corrected chi connectivity index (χ4v) is 11.3. The van der Waals surface area contributed by atoms with Crippen LogP contribution in [0.5, 0.6) is 0 Å². The summed E-state index contributed by atoms with van der Waals surface area (Å²) in [6, 6.07) is 0. The Labute approximate surface area is 494 Å². The second kappa shape index (κ2) is 68.6. The number of rotatable bonds is 68. The van der Waals surface area contributed by atoms with E-state index in [0.29, 0.717) is 19.3 Å². The van der Waals surface area contributed by atoms with Crippen molar-refractivity contribution >= 4 is 17.9 Å². The van der Waals surface area contributed by atoms with Crippen molar-refractivity contribution in [2.75, 3.05) is 13.2 Å². The highest BCUT2D eigenvalue weighted by molar-refractivity contribution is 5.71. The Balaban J connectivity index is 4.19. The van der Waals surface area contributed by atoms with Crippen LogP contribution in [0.15, 0.2) is 12.2 Å². The molecular weight excluding hydrogens is 973 g/mol.